The molecule has 0 fully saturated rings. The van der Waals surface area contributed by atoms with Crippen LogP contribution in [0.3, 0.4) is 0 Å². The topological polar surface area (TPSA) is 46.3 Å². The number of hydrogen-bond donors (Lipinski definition) is 1. The second-order valence-corrected chi connectivity index (χ2v) is 5.47. The first-order valence-corrected chi connectivity index (χ1v) is 6.10. The van der Waals surface area contributed by atoms with Crippen LogP contribution in [0.15, 0.2) is 30.3 Å². The summed E-state index contributed by atoms with van der Waals surface area (Å²) in [7, 11) is 1.37. The number of benzene rings is 1. The summed E-state index contributed by atoms with van der Waals surface area (Å²) in [5.41, 5.74) is 4.86. The van der Waals surface area contributed by atoms with Crippen LogP contribution >= 0.6 is 0 Å². The quantitative estimate of drug-likeness (QED) is 0.891. The second-order valence-electron chi connectivity index (χ2n) is 5.47. The third-order valence-corrected chi connectivity index (χ3v) is 2.97. The number of carbonyl (C=O) groups excluding carboxylic acids is 1. The minimum atomic E-state index is -3.51. The maximum atomic E-state index is 14.1. The van der Waals surface area contributed by atoms with Crippen molar-refractivity contribution in [3.63, 3.8) is 0 Å². The van der Waals surface area contributed by atoms with Gasteiger partial charge in [0.2, 0.25) is 0 Å². The molecule has 1 aromatic carbocycles. The molecule has 0 aliphatic carbocycles. The zero-order chi connectivity index (χ0) is 14.7. The van der Waals surface area contributed by atoms with Crippen molar-refractivity contribution in [1.82, 2.24) is 4.90 Å². The molecule has 0 aliphatic rings. The van der Waals surface area contributed by atoms with E-state index in [1.54, 1.807) is 6.07 Å². The monoisotopic (exact) mass is 270 g/mol. The molecule has 1 aromatic rings. The smallest absolute Gasteiger partial charge is 0.340 e. The zero-order valence-corrected chi connectivity index (χ0v) is 11.5. The molecule has 0 unspecified atom stereocenters. The van der Waals surface area contributed by atoms with Crippen molar-refractivity contribution in [3.8, 4) is 0 Å². The van der Waals surface area contributed by atoms with Crippen LogP contribution in [-0.2, 0) is 10.7 Å². The molecule has 0 aromatic heterocycles. The number of alkyl halides is 2. The lowest BCUT2D eigenvalue weighted by atomic mass is 9.93. The molecular weight excluding hydrogens is 250 g/mol. The van der Waals surface area contributed by atoms with E-state index in [9.17, 15) is 13.6 Å². The number of nitrogens with two attached hydrogens (primary N) is 1. The van der Waals surface area contributed by atoms with Crippen LogP contribution < -0.4 is 5.73 Å². The van der Waals surface area contributed by atoms with E-state index in [1.807, 2.05) is 13.8 Å². The van der Waals surface area contributed by atoms with Crippen molar-refractivity contribution in [3.05, 3.63) is 35.9 Å². The Morgan fingerprint density at radius 3 is 2.26 bits per heavy atom. The van der Waals surface area contributed by atoms with Gasteiger partial charge in [-0.25, -0.2) is 0 Å². The highest BCUT2D eigenvalue weighted by Crippen LogP contribution is 2.30. The standard InChI is InChI=1S/C14H20F2N2O/c1-13(2,9-17)10-18(3)12(19)14(15,16)11-7-5-4-6-8-11/h4-8H,9-10,17H2,1-3H3. The molecule has 2 N–H and O–H groups in total. The van der Waals surface area contributed by atoms with E-state index in [0.29, 0.717) is 6.54 Å². The fourth-order valence-electron chi connectivity index (χ4n) is 1.79. The molecule has 0 saturated heterocycles. The van der Waals surface area contributed by atoms with Gasteiger partial charge in [0.05, 0.1) is 0 Å². The normalized spacial score (nSPS) is 12.3. The van der Waals surface area contributed by atoms with Gasteiger partial charge in [-0.05, 0) is 12.0 Å². The van der Waals surface area contributed by atoms with E-state index >= 15 is 0 Å². The van der Waals surface area contributed by atoms with Crippen LogP contribution in [0.1, 0.15) is 19.4 Å². The van der Waals surface area contributed by atoms with Gasteiger partial charge in [-0.3, -0.25) is 4.79 Å². The van der Waals surface area contributed by atoms with Crippen molar-refractivity contribution in [2.24, 2.45) is 11.1 Å². The minimum absolute atomic E-state index is 0.185. The van der Waals surface area contributed by atoms with Crippen LogP contribution in [0.2, 0.25) is 0 Å². The molecule has 0 atom stereocenters. The van der Waals surface area contributed by atoms with Crippen LogP contribution in [0.5, 0.6) is 0 Å². The van der Waals surface area contributed by atoms with Gasteiger partial charge in [0.1, 0.15) is 0 Å². The Labute approximate surface area is 112 Å². The number of nitrogens with zero attached hydrogens (tertiary/aromatic N) is 1. The summed E-state index contributed by atoms with van der Waals surface area (Å²) in [6, 6.07) is 7.10. The van der Waals surface area contributed by atoms with Crippen LogP contribution in [-0.4, -0.2) is 30.9 Å². The summed E-state index contributed by atoms with van der Waals surface area (Å²) < 4.78 is 28.1. The summed E-state index contributed by atoms with van der Waals surface area (Å²) in [5, 5.41) is 0. The van der Waals surface area contributed by atoms with Gasteiger partial charge in [-0.15, -0.1) is 0 Å². The van der Waals surface area contributed by atoms with Crippen molar-refractivity contribution in [2.75, 3.05) is 20.1 Å². The molecule has 0 spiro atoms. The van der Waals surface area contributed by atoms with E-state index in [-0.39, 0.29) is 12.1 Å². The van der Waals surface area contributed by atoms with Crippen molar-refractivity contribution in [1.29, 1.82) is 0 Å². The van der Waals surface area contributed by atoms with Crippen molar-refractivity contribution < 1.29 is 13.6 Å². The van der Waals surface area contributed by atoms with Gasteiger partial charge < -0.3 is 10.6 Å². The maximum absolute atomic E-state index is 14.1. The Hall–Kier alpha value is -1.49. The fraction of sp³-hybridized carbons (Fsp3) is 0.500. The SMILES string of the molecule is CN(CC(C)(C)CN)C(=O)C(F)(F)c1ccccc1. The first kappa shape index (κ1) is 15.6. The number of amides is 1. The first-order chi connectivity index (χ1) is 8.70. The summed E-state index contributed by atoms with van der Waals surface area (Å²) in [6.07, 6.45) is 0. The fourth-order valence-corrected chi connectivity index (χ4v) is 1.79. The van der Waals surface area contributed by atoms with E-state index in [0.717, 1.165) is 4.90 Å². The number of likely N-dealkylation sites (N-methyl/N-ethyl adjacent to an activating group) is 1. The van der Waals surface area contributed by atoms with E-state index in [2.05, 4.69) is 0 Å². The Kier molecular flexibility index (Phi) is 4.63. The molecule has 3 nitrogen and oxygen atoms in total. The largest absolute Gasteiger partial charge is 0.349 e. The Morgan fingerprint density at radius 1 is 1.26 bits per heavy atom. The number of hydrogen-bond acceptors (Lipinski definition) is 2. The predicted molar refractivity (Wildman–Crippen MR) is 70.8 cm³/mol. The lowest BCUT2D eigenvalue weighted by Crippen LogP contribution is -2.45. The van der Waals surface area contributed by atoms with Crippen LogP contribution in [0.4, 0.5) is 8.78 Å². The molecule has 0 radical (unpaired) electrons. The summed E-state index contributed by atoms with van der Waals surface area (Å²) >= 11 is 0. The van der Waals surface area contributed by atoms with Gasteiger partial charge >= 0.3 is 5.92 Å². The Morgan fingerprint density at radius 2 is 1.79 bits per heavy atom. The highest BCUT2D eigenvalue weighted by Gasteiger charge is 2.43. The van der Waals surface area contributed by atoms with Gasteiger partial charge in [-0.2, -0.15) is 8.78 Å². The highest BCUT2D eigenvalue weighted by molar-refractivity contribution is 5.84. The highest BCUT2D eigenvalue weighted by atomic mass is 19.3. The van der Waals surface area contributed by atoms with Gasteiger partial charge in [-0.1, -0.05) is 44.2 Å². The minimum Gasteiger partial charge on any atom is -0.340 e. The molecule has 0 saturated carbocycles. The lowest BCUT2D eigenvalue weighted by molar-refractivity contribution is -0.158. The average molecular weight is 270 g/mol. The molecule has 1 amide bonds. The van der Waals surface area contributed by atoms with E-state index in [4.69, 9.17) is 5.73 Å². The van der Waals surface area contributed by atoms with Gasteiger partial charge in [0, 0.05) is 19.2 Å². The molecular formula is C14H20F2N2O. The molecule has 5 heteroatoms. The molecule has 106 valence electrons. The lowest BCUT2D eigenvalue weighted by Gasteiger charge is -2.31. The average Bonchev–Trinajstić information content (AvgIpc) is 2.38. The van der Waals surface area contributed by atoms with Gasteiger partial charge in [0.15, 0.2) is 0 Å². The molecule has 0 bridgehead atoms. The summed E-state index contributed by atoms with van der Waals surface area (Å²) in [5.74, 6) is -4.72. The summed E-state index contributed by atoms with van der Waals surface area (Å²) in [6.45, 7) is 4.17. The third kappa shape index (κ3) is 3.73. The van der Waals surface area contributed by atoms with Gasteiger partial charge in [0.25, 0.3) is 5.91 Å². The maximum Gasteiger partial charge on any atom is 0.349 e. The zero-order valence-electron chi connectivity index (χ0n) is 11.5. The number of rotatable bonds is 5. The van der Waals surface area contributed by atoms with Crippen molar-refractivity contribution >= 4 is 5.91 Å². The Bertz CT molecular complexity index is 432. The third-order valence-electron chi connectivity index (χ3n) is 2.97. The number of halogens is 2. The van der Waals surface area contributed by atoms with E-state index in [1.165, 1.54) is 31.3 Å². The molecule has 0 heterocycles. The van der Waals surface area contributed by atoms with Crippen LogP contribution in [0, 0.1) is 5.41 Å². The Balaban J connectivity index is 2.87. The van der Waals surface area contributed by atoms with Crippen LogP contribution in [0.25, 0.3) is 0 Å². The van der Waals surface area contributed by atoms with Crippen molar-refractivity contribution in [2.45, 2.75) is 19.8 Å². The first-order valence-electron chi connectivity index (χ1n) is 6.10. The second kappa shape index (κ2) is 5.65. The number of carbonyl (C=O) groups is 1. The molecule has 19 heavy (non-hydrogen) atoms. The predicted octanol–water partition coefficient (Wildman–Crippen LogP) is 2.22. The van der Waals surface area contributed by atoms with E-state index < -0.39 is 17.2 Å². The summed E-state index contributed by atoms with van der Waals surface area (Å²) in [4.78, 5) is 12.9. The molecule has 0 aliphatic heterocycles. The molecule has 1 rings (SSSR count).